The maximum atomic E-state index is 13.0. The molecule has 0 radical (unpaired) electrons. The molecule has 0 saturated carbocycles. The van der Waals surface area contributed by atoms with E-state index in [-0.39, 0.29) is 18.8 Å². The maximum Gasteiger partial charge on any atom is 0.226 e. The highest BCUT2D eigenvalue weighted by atomic mass is 16.3. The molecule has 7 unspecified atom stereocenters. The van der Waals surface area contributed by atoms with Crippen molar-refractivity contribution in [2.45, 2.75) is 91.1 Å². The lowest BCUT2D eigenvalue weighted by atomic mass is 9.85. The zero-order chi connectivity index (χ0) is 26.7. The summed E-state index contributed by atoms with van der Waals surface area (Å²) in [6, 6.07) is -1.35. The Kier molecular flexibility index (Phi) is 13.8. The maximum absolute atomic E-state index is 13.0. The highest BCUT2D eigenvalue weighted by Crippen LogP contribution is 2.23. The van der Waals surface area contributed by atoms with Crippen LogP contribution in [0.5, 0.6) is 0 Å². The van der Waals surface area contributed by atoms with E-state index in [1.165, 1.54) is 6.92 Å². The molecule has 3 amide bonds. The van der Waals surface area contributed by atoms with Crippen molar-refractivity contribution in [3.63, 3.8) is 0 Å². The molecule has 196 valence electrons. The summed E-state index contributed by atoms with van der Waals surface area (Å²) in [4.78, 5) is 59.9. The summed E-state index contributed by atoms with van der Waals surface area (Å²) in [6.07, 6.45) is -5.06. The van der Waals surface area contributed by atoms with Crippen LogP contribution in [0.1, 0.15) is 66.7 Å². The highest BCUT2D eigenvalue weighted by molar-refractivity contribution is 5.93. The minimum absolute atomic E-state index is 0.106. The fourth-order valence-corrected chi connectivity index (χ4v) is 3.90. The minimum atomic E-state index is -1.78. The molecule has 0 fully saturated rings. The zero-order valence-electron chi connectivity index (χ0n) is 20.7. The van der Waals surface area contributed by atoms with E-state index >= 15 is 0 Å². The number of carbonyl (C=O) groups excluding carboxylic acids is 5. The van der Waals surface area contributed by atoms with Crippen LogP contribution >= 0.6 is 0 Å². The molecule has 0 aromatic heterocycles. The molecule has 34 heavy (non-hydrogen) atoms. The summed E-state index contributed by atoms with van der Waals surface area (Å²) >= 11 is 0. The van der Waals surface area contributed by atoms with Crippen LogP contribution in [0, 0.1) is 23.7 Å². The molecular weight excluding hydrogens is 446 g/mol. The van der Waals surface area contributed by atoms with Crippen LogP contribution in [0.25, 0.3) is 0 Å². The summed E-state index contributed by atoms with van der Waals surface area (Å²) < 4.78 is 0. The number of nitrogens with two attached hydrogens (primary N) is 2. The Balaban J connectivity index is 5.56. The summed E-state index contributed by atoms with van der Waals surface area (Å²) in [5, 5.41) is 33.2. The highest BCUT2D eigenvalue weighted by Gasteiger charge is 2.35. The molecular formula is C23H41N3O8. The molecule has 11 nitrogen and oxygen atoms in total. The SMILES string of the molecule is CC(=O)C(O)C(O)C(CCC(N)=O)CC(=O)C(CC(N)=O)NC(=O)C(C)C(O)C(C)CC(C)C. The third kappa shape index (κ3) is 11.2. The van der Waals surface area contributed by atoms with Crippen molar-refractivity contribution < 1.29 is 39.3 Å². The molecule has 7 atom stereocenters. The summed E-state index contributed by atoms with van der Waals surface area (Å²) in [6.45, 7) is 8.35. The average molecular weight is 488 g/mol. The summed E-state index contributed by atoms with van der Waals surface area (Å²) in [5.74, 6) is -5.45. The first-order chi connectivity index (χ1) is 15.6. The number of aliphatic hydroxyl groups excluding tert-OH is 3. The Morgan fingerprint density at radius 2 is 1.41 bits per heavy atom. The smallest absolute Gasteiger partial charge is 0.226 e. The van der Waals surface area contributed by atoms with E-state index in [4.69, 9.17) is 11.5 Å². The van der Waals surface area contributed by atoms with Gasteiger partial charge >= 0.3 is 0 Å². The predicted octanol–water partition coefficient (Wildman–Crippen LogP) is -0.822. The van der Waals surface area contributed by atoms with Gasteiger partial charge in [0, 0.05) is 12.8 Å². The molecule has 8 N–H and O–H groups in total. The molecule has 0 bridgehead atoms. The zero-order valence-corrected chi connectivity index (χ0v) is 20.7. The largest absolute Gasteiger partial charge is 0.392 e. The molecule has 0 saturated heterocycles. The van der Waals surface area contributed by atoms with E-state index in [0.29, 0.717) is 12.3 Å². The third-order valence-electron chi connectivity index (χ3n) is 5.91. The summed E-state index contributed by atoms with van der Waals surface area (Å²) in [7, 11) is 0. The Bertz CT molecular complexity index is 727. The lowest BCUT2D eigenvalue weighted by Crippen LogP contribution is -2.49. The minimum Gasteiger partial charge on any atom is -0.392 e. The van der Waals surface area contributed by atoms with Gasteiger partial charge in [0.15, 0.2) is 11.6 Å². The van der Waals surface area contributed by atoms with Crippen molar-refractivity contribution in [1.29, 1.82) is 0 Å². The number of Topliss-reactive ketones (excluding diaryl/α,β-unsaturated/α-hetero) is 2. The van der Waals surface area contributed by atoms with E-state index in [2.05, 4.69) is 5.32 Å². The molecule has 0 aliphatic heterocycles. The second-order valence-electron chi connectivity index (χ2n) is 9.60. The van der Waals surface area contributed by atoms with Gasteiger partial charge in [-0.05, 0) is 37.5 Å². The molecule has 11 heteroatoms. The van der Waals surface area contributed by atoms with Gasteiger partial charge in [-0.1, -0.05) is 27.7 Å². The molecule has 0 rings (SSSR count). The first-order valence-electron chi connectivity index (χ1n) is 11.5. The number of rotatable bonds is 17. The van der Waals surface area contributed by atoms with Crippen LogP contribution in [0.15, 0.2) is 0 Å². The van der Waals surface area contributed by atoms with Crippen molar-refractivity contribution in [3.8, 4) is 0 Å². The van der Waals surface area contributed by atoms with Crippen LogP contribution < -0.4 is 16.8 Å². The van der Waals surface area contributed by atoms with E-state index in [1.54, 1.807) is 0 Å². The molecule has 0 spiro atoms. The van der Waals surface area contributed by atoms with Gasteiger partial charge in [-0.2, -0.15) is 0 Å². The predicted molar refractivity (Wildman–Crippen MR) is 124 cm³/mol. The van der Waals surface area contributed by atoms with Crippen molar-refractivity contribution >= 4 is 29.3 Å². The van der Waals surface area contributed by atoms with Gasteiger partial charge in [0.2, 0.25) is 17.7 Å². The Morgan fingerprint density at radius 3 is 1.85 bits per heavy atom. The molecule has 0 aliphatic rings. The lowest BCUT2D eigenvalue weighted by molar-refractivity contribution is -0.137. The Labute approximate surface area is 200 Å². The number of aliphatic hydroxyl groups is 3. The molecule has 0 heterocycles. The van der Waals surface area contributed by atoms with Crippen molar-refractivity contribution in [3.05, 3.63) is 0 Å². The number of amides is 3. The van der Waals surface area contributed by atoms with E-state index < -0.39 is 78.3 Å². The van der Waals surface area contributed by atoms with Gasteiger partial charge in [0.1, 0.15) is 6.10 Å². The quantitative estimate of drug-likeness (QED) is 0.152. The van der Waals surface area contributed by atoms with Crippen LogP contribution in [0.3, 0.4) is 0 Å². The van der Waals surface area contributed by atoms with Gasteiger partial charge in [0.25, 0.3) is 0 Å². The van der Waals surface area contributed by atoms with Crippen molar-refractivity contribution in [2.75, 3.05) is 0 Å². The van der Waals surface area contributed by atoms with Gasteiger partial charge in [-0.3, -0.25) is 24.0 Å². The number of primary amides is 2. The third-order valence-corrected chi connectivity index (χ3v) is 5.91. The second-order valence-corrected chi connectivity index (χ2v) is 9.60. The number of carbonyl (C=O) groups is 5. The topological polar surface area (TPSA) is 210 Å². The van der Waals surface area contributed by atoms with Gasteiger partial charge in [-0.25, -0.2) is 0 Å². The Hall–Kier alpha value is -2.37. The molecule has 0 aromatic rings. The van der Waals surface area contributed by atoms with E-state index in [0.717, 1.165) is 6.92 Å². The van der Waals surface area contributed by atoms with Gasteiger partial charge in [0.05, 0.1) is 30.6 Å². The fourth-order valence-electron chi connectivity index (χ4n) is 3.90. The number of hydrogen-bond donors (Lipinski definition) is 6. The Morgan fingerprint density at radius 1 is 0.853 bits per heavy atom. The standard InChI is InChI=1S/C23H41N3O8/c1-11(2)8-12(3)20(31)13(4)23(34)26-16(10-19(25)30)17(28)9-15(6-7-18(24)29)22(33)21(32)14(5)27/h11-13,15-16,20-22,31-33H,6-10H2,1-5H3,(H2,24,29)(H2,25,30)(H,26,34). The lowest BCUT2D eigenvalue weighted by Gasteiger charge is -2.28. The number of nitrogens with one attached hydrogen (secondary N) is 1. The normalized spacial score (nSPS) is 17.7. The van der Waals surface area contributed by atoms with E-state index in [9.17, 15) is 39.3 Å². The molecule has 0 aliphatic carbocycles. The monoisotopic (exact) mass is 487 g/mol. The average Bonchev–Trinajstić information content (AvgIpc) is 2.72. The van der Waals surface area contributed by atoms with Gasteiger partial charge < -0.3 is 32.1 Å². The van der Waals surface area contributed by atoms with E-state index in [1.807, 2.05) is 20.8 Å². The number of hydrogen-bond acceptors (Lipinski definition) is 8. The molecule has 0 aromatic carbocycles. The summed E-state index contributed by atoms with van der Waals surface area (Å²) in [5.41, 5.74) is 10.4. The fraction of sp³-hybridized carbons (Fsp3) is 0.783. The second kappa shape index (κ2) is 14.8. The van der Waals surface area contributed by atoms with Gasteiger partial charge in [-0.15, -0.1) is 0 Å². The van der Waals surface area contributed by atoms with Crippen molar-refractivity contribution in [2.24, 2.45) is 35.1 Å². The van der Waals surface area contributed by atoms with Crippen LogP contribution in [0.4, 0.5) is 0 Å². The number of ketones is 2. The first kappa shape index (κ1) is 31.6. The first-order valence-corrected chi connectivity index (χ1v) is 11.5. The van der Waals surface area contributed by atoms with Crippen molar-refractivity contribution in [1.82, 2.24) is 5.32 Å². The van der Waals surface area contributed by atoms with Crippen LogP contribution in [-0.2, 0) is 24.0 Å². The van der Waals surface area contributed by atoms with Crippen LogP contribution in [-0.4, -0.2) is 69.0 Å². The van der Waals surface area contributed by atoms with Crippen LogP contribution in [0.2, 0.25) is 0 Å².